The molecule has 0 fully saturated rings. The van der Waals surface area contributed by atoms with Gasteiger partial charge in [0.15, 0.2) is 13.2 Å². The van der Waals surface area contributed by atoms with Crippen LogP contribution in [0.3, 0.4) is 0 Å². The van der Waals surface area contributed by atoms with E-state index in [1.807, 2.05) is 26.0 Å². The Hall–Kier alpha value is -3.35. The zero-order valence-electron chi connectivity index (χ0n) is 14.6. The van der Waals surface area contributed by atoms with Crippen molar-refractivity contribution in [3.8, 4) is 5.75 Å². The van der Waals surface area contributed by atoms with Gasteiger partial charge in [0.05, 0.1) is 0 Å². The summed E-state index contributed by atoms with van der Waals surface area (Å²) in [4.78, 5) is 35.1. The molecular formula is C19H20N2O5. The fourth-order valence-electron chi connectivity index (χ4n) is 2.05. The third-order valence-electron chi connectivity index (χ3n) is 3.57. The van der Waals surface area contributed by atoms with Crippen LogP contribution < -0.4 is 15.4 Å². The molecule has 0 bridgehead atoms. The lowest BCUT2D eigenvalue weighted by Gasteiger charge is -2.11. The van der Waals surface area contributed by atoms with Crippen molar-refractivity contribution < 1.29 is 23.9 Å². The van der Waals surface area contributed by atoms with E-state index in [2.05, 4.69) is 10.6 Å². The van der Waals surface area contributed by atoms with Crippen LogP contribution in [0.2, 0.25) is 0 Å². The first-order valence-corrected chi connectivity index (χ1v) is 7.96. The fourth-order valence-corrected chi connectivity index (χ4v) is 2.05. The first-order chi connectivity index (χ1) is 12.5. The molecule has 136 valence electrons. The minimum atomic E-state index is -0.735. The highest BCUT2D eigenvalue weighted by Crippen LogP contribution is 2.17. The van der Waals surface area contributed by atoms with Crippen LogP contribution >= 0.6 is 0 Å². The summed E-state index contributed by atoms with van der Waals surface area (Å²) in [5.41, 5.74) is 2.52. The number of carbonyl (C=O) groups is 3. The number of amides is 3. The third kappa shape index (κ3) is 5.94. The molecular weight excluding hydrogens is 336 g/mol. The van der Waals surface area contributed by atoms with Crippen molar-refractivity contribution in [2.75, 3.05) is 18.5 Å². The smallest absolute Gasteiger partial charge is 0.344 e. The largest absolute Gasteiger partial charge is 0.482 e. The van der Waals surface area contributed by atoms with Crippen molar-refractivity contribution in [1.29, 1.82) is 0 Å². The number of benzene rings is 2. The van der Waals surface area contributed by atoms with Gasteiger partial charge in [-0.15, -0.1) is 0 Å². The van der Waals surface area contributed by atoms with Crippen molar-refractivity contribution >= 4 is 23.6 Å². The number of rotatable bonds is 6. The number of urea groups is 1. The summed E-state index contributed by atoms with van der Waals surface area (Å²) in [5, 5.41) is 4.68. The van der Waals surface area contributed by atoms with Gasteiger partial charge in [0.25, 0.3) is 5.91 Å². The van der Waals surface area contributed by atoms with Crippen LogP contribution in [0, 0.1) is 13.8 Å². The van der Waals surface area contributed by atoms with Crippen molar-refractivity contribution in [2.24, 2.45) is 0 Å². The molecule has 3 amide bonds. The van der Waals surface area contributed by atoms with E-state index in [4.69, 9.17) is 9.47 Å². The molecule has 0 aliphatic carbocycles. The van der Waals surface area contributed by atoms with Crippen LogP contribution in [0.5, 0.6) is 5.75 Å². The van der Waals surface area contributed by atoms with E-state index in [1.165, 1.54) is 0 Å². The molecule has 7 heteroatoms. The van der Waals surface area contributed by atoms with Crippen LogP contribution in [0.15, 0.2) is 48.5 Å². The SMILES string of the molecule is Cc1cccc(NC(=O)NC(=O)COC(=O)COc2ccccc2)c1C. The zero-order valence-corrected chi connectivity index (χ0v) is 14.6. The monoisotopic (exact) mass is 356 g/mol. The molecule has 0 heterocycles. The molecule has 0 spiro atoms. The number of aryl methyl sites for hydroxylation is 1. The molecule has 0 unspecified atom stereocenters. The highest BCUT2D eigenvalue weighted by molar-refractivity contribution is 6.02. The van der Waals surface area contributed by atoms with Crippen molar-refractivity contribution in [3.05, 3.63) is 59.7 Å². The average Bonchev–Trinajstić information content (AvgIpc) is 2.63. The van der Waals surface area contributed by atoms with Gasteiger partial charge in [-0.1, -0.05) is 30.3 Å². The van der Waals surface area contributed by atoms with Gasteiger partial charge >= 0.3 is 12.0 Å². The second kappa shape index (κ2) is 9.22. The number of nitrogens with one attached hydrogen (secondary N) is 2. The summed E-state index contributed by atoms with van der Waals surface area (Å²) in [6, 6.07) is 13.5. The first kappa shape index (κ1) is 19.0. The van der Waals surface area contributed by atoms with E-state index in [1.54, 1.807) is 36.4 Å². The summed E-state index contributed by atoms with van der Waals surface area (Å²) in [6.45, 7) is 2.88. The molecule has 0 aliphatic rings. The zero-order chi connectivity index (χ0) is 18.9. The van der Waals surface area contributed by atoms with E-state index in [0.717, 1.165) is 11.1 Å². The first-order valence-electron chi connectivity index (χ1n) is 7.96. The Morgan fingerprint density at radius 3 is 2.38 bits per heavy atom. The lowest BCUT2D eigenvalue weighted by atomic mass is 10.1. The van der Waals surface area contributed by atoms with Gasteiger partial charge in [-0.25, -0.2) is 9.59 Å². The predicted octanol–water partition coefficient (Wildman–Crippen LogP) is 2.57. The van der Waals surface area contributed by atoms with E-state index in [0.29, 0.717) is 11.4 Å². The summed E-state index contributed by atoms with van der Waals surface area (Å²) < 4.78 is 9.96. The van der Waals surface area contributed by atoms with Crippen LogP contribution in [0.4, 0.5) is 10.5 Å². The van der Waals surface area contributed by atoms with Gasteiger partial charge in [0, 0.05) is 5.69 Å². The number of para-hydroxylation sites is 1. The number of carbonyl (C=O) groups excluding carboxylic acids is 3. The summed E-state index contributed by atoms with van der Waals surface area (Å²) >= 11 is 0. The average molecular weight is 356 g/mol. The van der Waals surface area contributed by atoms with Crippen molar-refractivity contribution in [3.63, 3.8) is 0 Å². The second-order valence-electron chi connectivity index (χ2n) is 5.51. The maximum atomic E-state index is 11.8. The molecule has 2 aromatic rings. The second-order valence-corrected chi connectivity index (χ2v) is 5.51. The molecule has 0 atom stereocenters. The molecule has 2 aromatic carbocycles. The highest BCUT2D eigenvalue weighted by Gasteiger charge is 2.12. The third-order valence-corrected chi connectivity index (χ3v) is 3.57. The minimum Gasteiger partial charge on any atom is -0.482 e. The quantitative estimate of drug-likeness (QED) is 0.776. The van der Waals surface area contributed by atoms with Gasteiger partial charge in [0.1, 0.15) is 5.75 Å². The normalized spacial score (nSPS) is 9.92. The summed E-state index contributed by atoms with van der Waals surface area (Å²) in [5.74, 6) is -0.929. The van der Waals surface area contributed by atoms with Crippen LogP contribution in [-0.4, -0.2) is 31.1 Å². The van der Waals surface area contributed by atoms with Gasteiger partial charge < -0.3 is 14.8 Å². The summed E-state index contributed by atoms with van der Waals surface area (Å²) in [7, 11) is 0. The van der Waals surface area contributed by atoms with Crippen LogP contribution in [-0.2, 0) is 14.3 Å². The Bertz CT molecular complexity index is 790. The topological polar surface area (TPSA) is 93.7 Å². The van der Waals surface area contributed by atoms with Crippen LogP contribution in [0.1, 0.15) is 11.1 Å². The van der Waals surface area contributed by atoms with Crippen LogP contribution in [0.25, 0.3) is 0 Å². The van der Waals surface area contributed by atoms with Gasteiger partial charge in [0.2, 0.25) is 0 Å². The Kier molecular flexibility index (Phi) is 6.73. The number of anilines is 1. The van der Waals surface area contributed by atoms with E-state index in [-0.39, 0.29) is 6.61 Å². The predicted molar refractivity (Wildman–Crippen MR) is 96.0 cm³/mol. The molecule has 0 saturated carbocycles. The Balaban J connectivity index is 1.71. The Labute approximate surface area is 151 Å². The fraction of sp³-hybridized carbons (Fsp3) is 0.211. The standard InChI is InChI=1S/C19H20N2O5/c1-13-7-6-10-16(14(13)2)20-19(24)21-17(22)11-26-18(23)12-25-15-8-4-3-5-9-15/h3-10H,11-12H2,1-2H3,(H2,20,21,22,24). The van der Waals surface area contributed by atoms with Gasteiger partial charge in [-0.3, -0.25) is 10.1 Å². The number of imide groups is 1. The summed E-state index contributed by atoms with van der Waals surface area (Å²) in [6.07, 6.45) is 0. The van der Waals surface area contributed by atoms with Crippen molar-refractivity contribution in [2.45, 2.75) is 13.8 Å². The minimum absolute atomic E-state index is 0.327. The molecule has 0 radical (unpaired) electrons. The van der Waals surface area contributed by atoms with Crippen molar-refractivity contribution in [1.82, 2.24) is 5.32 Å². The maximum Gasteiger partial charge on any atom is 0.344 e. The lowest BCUT2D eigenvalue weighted by Crippen LogP contribution is -2.37. The molecule has 2 rings (SSSR count). The molecule has 7 nitrogen and oxygen atoms in total. The Morgan fingerprint density at radius 1 is 0.923 bits per heavy atom. The molecule has 2 N–H and O–H groups in total. The van der Waals surface area contributed by atoms with Gasteiger partial charge in [-0.2, -0.15) is 0 Å². The van der Waals surface area contributed by atoms with E-state index >= 15 is 0 Å². The maximum absolute atomic E-state index is 11.8. The molecule has 26 heavy (non-hydrogen) atoms. The van der Waals surface area contributed by atoms with E-state index < -0.39 is 24.5 Å². The van der Waals surface area contributed by atoms with Gasteiger partial charge in [-0.05, 0) is 43.2 Å². The molecule has 0 aromatic heterocycles. The molecule has 0 saturated heterocycles. The van der Waals surface area contributed by atoms with E-state index in [9.17, 15) is 14.4 Å². The number of esters is 1. The number of ether oxygens (including phenoxy) is 2. The number of hydrogen-bond donors (Lipinski definition) is 2. The molecule has 0 aliphatic heterocycles. The number of hydrogen-bond acceptors (Lipinski definition) is 5. The lowest BCUT2D eigenvalue weighted by molar-refractivity contribution is -0.150. The highest BCUT2D eigenvalue weighted by atomic mass is 16.6. The Morgan fingerprint density at radius 2 is 1.65 bits per heavy atom.